The maximum atomic E-state index is 4.36. The average molecular weight is 329 g/mol. The first-order chi connectivity index (χ1) is 9.76. The maximum Gasteiger partial charge on any atom is 0.0927 e. The first-order valence-electron chi connectivity index (χ1n) is 6.21. The molecule has 0 bridgehead atoms. The van der Waals surface area contributed by atoms with Gasteiger partial charge in [-0.1, -0.05) is 12.1 Å². The molecule has 4 nitrogen and oxygen atoms in total. The van der Waals surface area contributed by atoms with E-state index in [4.69, 9.17) is 0 Å². The number of aromatic nitrogens is 3. The van der Waals surface area contributed by atoms with Gasteiger partial charge in [-0.25, -0.2) is 0 Å². The number of aromatic amines is 1. The van der Waals surface area contributed by atoms with Crippen LogP contribution in [0.25, 0.3) is 22.5 Å². The van der Waals surface area contributed by atoms with Gasteiger partial charge in [0.15, 0.2) is 0 Å². The van der Waals surface area contributed by atoms with Crippen molar-refractivity contribution >= 4 is 21.6 Å². The van der Waals surface area contributed by atoms with Crippen molar-refractivity contribution in [1.82, 2.24) is 15.2 Å². The van der Waals surface area contributed by atoms with E-state index in [-0.39, 0.29) is 0 Å². The molecule has 2 heterocycles. The van der Waals surface area contributed by atoms with Crippen molar-refractivity contribution in [2.24, 2.45) is 0 Å². The molecule has 0 aliphatic carbocycles. The number of pyridine rings is 1. The van der Waals surface area contributed by atoms with Gasteiger partial charge in [-0.05, 0) is 40.2 Å². The zero-order valence-electron chi connectivity index (χ0n) is 10.9. The molecule has 0 unspecified atom stereocenters. The Balaban J connectivity index is 1.93. The van der Waals surface area contributed by atoms with E-state index in [1.165, 1.54) is 0 Å². The van der Waals surface area contributed by atoms with Gasteiger partial charge in [0.1, 0.15) is 0 Å². The third-order valence-electron chi connectivity index (χ3n) is 3.06. The first-order valence-corrected chi connectivity index (χ1v) is 7.00. The molecular formula is C15H13BrN4. The van der Waals surface area contributed by atoms with E-state index in [0.29, 0.717) is 0 Å². The normalized spacial score (nSPS) is 10.5. The summed E-state index contributed by atoms with van der Waals surface area (Å²) in [7, 11) is 1.90. The fourth-order valence-corrected chi connectivity index (χ4v) is 2.35. The lowest BCUT2D eigenvalue weighted by Crippen LogP contribution is -1.86. The van der Waals surface area contributed by atoms with E-state index in [1.54, 1.807) is 6.20 Å². The van der Waals surface area contributed by atoms with Crippen molar-refractivity contribution < 1.29 is 0 Å². The van der Waals surface area contributed by atoms with Crippen LogP contribution in [-0.4, -0.2) is 22.2 Å². The van der Waals surface area contributed by atoms with Gasteiger partial charge in [-0.2, -0.15) is 5.10 Å². The standard InChI is InChI=1S/C15H13BrN4/c1-17-13-4-2-10(3-5-13)14-7-15(20-19-14)11-6-12(16)9-18-8-11/h2-9,17H,1H3,(H,19,20). The van der Waals surface area contributed by atoms with E-state index < -0.39 is 0 Å². The second kappa shape index (κ2) is 5.46. The topological polar surface area (TPSA) is 53.6 Å². The van der Waals surface area contributed by atoms with E-state index in [0.717, 1.165) is 32.7 Å². The summed E-state index contributed by atoms with van der Waals surface area (Å²) in [6, 6.07) is 12.2. The number of nitrogens with one attached hydrogen (secondary N) is 2. The van der Waals surface area contributed by atoms with Crippen molar-refractivity contribution in [1.29, 1.82) is 0 Å². The highest BCUT2D eigenvalue weighted by molar-refractivity contribution is 9.10. The molecule has 20 heavy (non-hydrogen) atoms. The average Bonchev–Trinajstić information content (AvgIpc) is 2.97. The van der Waals surface area contributed by atoms with Crippen molar-refractivity contribution in [3.05, 3.63) is 53.3 Å². The molecule has 3 rings (SSSR count). The van der Waals surface area contributed by atoms with Gasteiger partial charge in [0.2, 0.25) is 0 Å². The van der Waals surface area contributed by atoms with Crippen molar-refractivity contribution in [2.75, 3.05) is 12.4 Å². The Bertz CT molecular complexity index is 719. The minimum absolute atomic E-state index is 0.919. The van der Waals surface area contributed by atoms with Gasteiger partial charge >= 0.3 is 0 Å². The highest BCUT2D eigenvalue weighted by Gasteiger charge is 2.06. The summed E-state index contributed by atoms with van der Waals surface area (Å²) in [5.41, 5.74) is 5.04. The summed E-state index contributed by atoms with van der Waals surface area (Å²) in [4.78, 5) is 4.16. The molecular weight excluding hydrogens is 316 g/mol. The fourth-order valence-electron chi connectivity index (χ4n) is 1.98. The van der Waals surface area contributed by atoms with Crippen LogP contribution in [0.15, 0.2) is 53.3 Å². The molecule has 100 valence electrons. The highest BCUT2D eigenvalue weighted by atomic mass is 79.9. The summed E-state index contributed by atoms with van der Waals surface area (Å²) in [5, 5.41) is 10.5. The highest BCUT2D eigenvalue weighted by Crippen LogP contribution is 2.25. The maximum absolute atomic E-state index is 4.36. The lowest BCUT2D eigenvalue weighted by molar-refractivity contribution is 1.10. The molecule has 0 aliphatic heterocycles. The Morgan fingerprint density at radius 1 is 1.05 bits per heavy atom. The molecule has 0 radical (unpaired) electrons. The van der Waals surface area contributed by atoms with E-state index in [2.05, 4.69) is 36.4 Å². The van der Waals surface area contributed by atoms with Crippen molar-refractivity contribution in [3.8, 4) is 22.5 Å². The summed E-state index contributed by atoms with van der Waals surface area (Å²) < 4.78 is 0.949. The predicted molar refractivity (Wildman–Crippen MR) is 84.5 cm³/mol. The first kappa shape index (κ1) is 12.9. The number of benzene rings is 1. The zero-order chi connectivity index (χ0) is 13.9. The Morgan fingerprint density at radius 3 is 2.55 bits per heavy atom. The second-order valence-corrected chi connectivity index (χ2v) is 5.30. The smallest absolute Gasteiger partial charge is 0.0927 e. The number of anilines is 1. The van der Waals surface area contributed by atoms with Crippen LogP contribution in [0.4, 0.5) is 5.69 Å². The molecule has 2 aromatic heterocycles. The number of hydrogen-bond acceptors (Lipinski definition) is 3. The number of H-pyrrole nitrogens is 1. The molecule has 3 aromatic rings. The Hall–Kier alpha value is -2.14. The number of hydrogen-bond donors (Lipinski definition) is 2. The van der Waals surface area contributed by atoms with Gasteiger partial charge in [-0.3, -0.25) is 10.1 Å². The van der Waals surface area contributed by atoms with Crippen LogP contribution >= 0.6 is 15.9 Å². The predicted octanol–water partition coefficient (Wildman–Crippen LogP) is 3.94. The van der Waals surface area contributed by atoms with Crippen LogP contribution in [-0.2, 0) is 0 Å². The number of rotatable bonds is 3. The fraction of sp³-hybridized carbons (Fsp3) is 0.0667. The molecule has 0 spiro atoms. The van der Waals surface area contributed by atoms with Crippen LogP contribution in [0.3, 0.4) is 0 Å². The molecule has 0 amide bonds. The van der Waals surface area contributed by atoms with Gasteiger partial charge in [0.05, 0.1) is 11.4 Å². The quantitative estimate of drug-likeness (QED) is 0.765. The molecule has 0 fully saturated rings. The molecule has 0 saturated heterocycles. The number of halogens is 1. The van der Waals surface area contributed by atoms with Crippen molar-refractivity contribution in [2.45, 2.75) is 0 Å². The van der Waals surface area contributed by atoms with Crippen LogP contribution in [0.5, 0.6) is 0 Å². The Morgan fingerprint density at radius 2 is 1.85 bits per heavy atom. The largest absolute Gasteiger partial charge is 0.388 e. The lowest BCUT2D eigenvalue weighted by Gasteiger charge is -2.00. The van der Waals surface area contributed by atoms with Gasteiger partial charge < -0.3 is 5.32 Å². The number of nitrogens with zero attached hydrogens (tertiary/aromatic N) is 2. The van der Waals surface area contributed by atoms with Crippen molar-refractivity contribution in [3.63, 3.8) is 0 Å². The van der Waals surface area contributed by atoms with Gasteiger partial charge in [-0.15, -0.1) is 0 Å². The van der Waals surface area contributed by atoms with Gasteiger partial charge in [0, 0.05) is 40.7 Å². The molecule has 0 aliphatic rings. The Labute approximate surface area is 125 Å². The molecule has 0 saturated carbocycles. The van der Waals surface area contributed by atoms with Crippen LogP contribution in [0.1, 0.15) is 0 Å². The molecule has 2 N–H and O–H groups in total. The summed E-state index contributed by atoms with van der Waals surface area (Å²) in [5.74, 6) is 0. The summed E-state index contributed by atoms with van der Waals surface area (Å²) in [6.07, 6.45) is 3.57. The zero-order valence-corrected chi connectivity index (χ0v) is 12.5. The lowest BCUT2D eigenvalue weighted by atomic mass is 10.1. The van der Waals surface area contributed by atoms with E-state index in [1.807, 2.05) is 49.6 Å². The Kier molecular flexibility index (Phi) is 3.52. The van der Waals surface area contributed by atoms with E-state index in [9.17, 15) is 0 Å². The summed E-state index contributed by atoms with van der Waals surface area (Å²) >= 11 is 3.42. The monoisotopic (exact) mass is 328 g/mol. The molecule has 1 aromatic carbocycles. The molecule has 5 heteroatoms. The summed E-state index contributed by atoms with van der Waals surface area (Å²) in [6.45, 7) is 0. The van der Waals surface area contributed by atoms with E-state index >= 15 is 0 Å². The molecule has 0 atom stereocenters. The van der Waals surface area contributed by atoms with Crippen LogP contribution in [0, 0.1) is 0 Å². The van der Waals surface area contributed by atoms with Gasteiger partial charge in [0.25, 0.3) is 0 Å². The minimum Gasteiger partial charge on any atom is -0.388 e. The SMILES string of the molecule is CNc1ccc(-c2cc(-c3cncc(Br)c3)[nH]n2)cc1. The second-order valence-electron chi connectivity index (χ2n) is 4.39. The minimum atomic E-state index is 0.919. The third kappa shape index (κ3) is 2.58. The van der Waals surface area contributed by atoms with Crippen LogP contribution < -0.4 is 5.32 Å². The third-order valence-corrected chi connectivity index (χ3v) is 3.50. The van der Waals surface area contributed by atoms with Crippen LogP contribution in [0.2, 0.25) is 0 Å².